The second-order valence-corrected chi connectivity index (χ2v) is 7.69. The maximum absolute atomic E-state index is 11.3. The first kappa shape index (κ1) is 22.7. The minimum absolute atomic E-state index is 0.00749. The predicted octanol–water partition coefficient (Wildman–Crippen LogP) is 3.90. The zero-order valence-electron chi connectivity index (χ0n) is 15.3. The van der Waals surface area contributed by atoms with E-state index in [1.165, 1.54) is 7.11 Å². The molecule has 0 aromatic rings. The highest BCUT2D eigenvalue weighted by Gasteiger charge is 2.33. The van der Waals surface area contributed by atoms with Gasteiger partial charge in [-0.2, -0.15) is 0 Å². The molecular formula is C18H35ClO4. The van der Waals surface area contributed by atoms with E-state index in [1.807, 2.05) is 13.8 Å². The van der Waals surface area contributed by atoms with Crippen LogP contribution in [0.2, 0.25) is 0 Å². The van der Waals surface area contributed by atoms with Gasteiger partial charge in [0.2, 0.25) is 0 Å². The molecule has 0 spiro atoms. The molecule has 138 valence electrons. The number of alkyl halides is 1. The highest BCUT2D eigenvalue weighted by Crippen LogP contribution is 2.33. The Bertz CT molecular complexity index is 331. The molecule has 0 aliphatic carbocycles. The van der Waals surface area contributed by atoms with E-state index in [0.717, 1.165) is 19.3 Å². The second kappa shape index (κ2) is 11.3. The van der Waals surface area contributed by atoms with Crippen LogP contribution in [-0.2, 0) is 9.53 Å². The maximum atomic E-state index is 11.3. The summed E-state index contributed by atoms with van der Waals surface area (Å²) in [6.45, 7) is 7.88. The molecule has 0 aliphatic heterocycles. The van der Waals surface area contributed by atoms with E-state index in [0.29, 0.717) is 19.3 Å². The number of esters is 1. The van der Waals surface area contributed by atoms with Gasteiger partial charge in [-0.3, -0.25) is 4.79 Å². The number of unbranched alkanes of at least 4 members (excludes halogenated alkanes) is 1. The Balaban J connectivity index is 4.73. The monoisotopic (exact) mass is 350 g/mol. The summed E-state index contributed by atoms with van der Waals surface area (Å²) in [7, 11) is 1.31. The molecule has 0 aromatic heterocycles. The van der Waals surface area contributed by atoms with Crippen LogP contribution in [0.1, 0.15) is 72.6 Å². The first-order valence-corrected chi connectivity index (χ1v) is 9.21. The van der Waals surface area contributed by atoms with Gasteiger partial charge in [0, 0.05) is 5.38 Å². The molecule has 0 rings (SSSR count). The fourth-order valence-corrected chi connectivity index (χ4v) is 3.36. The van der Waals surface area contributed by atoms with Gasteiger partial charge in [-0.05, 0) is 44.9 Å². The molecule has 0 aromatic carbocycles. The maximum Gasteiger partial charge on any atom is 0.308 e. The Morgan fingerprint density at radius 3 is 2.26 bits per heavy atom. The number of halogens is 1. The largest absolute Gasteiger partial charge is 0.469 e. The molecule has 0 bridgehead atoms. The SMILES string of the molecule is CCCC[C@@H](C[C@@](C)(O)C[C@@H](CC)[C@H](O)CC(=O)OC)[C@@H](C)Cl. The lowest BCUT2D eigenvalue weighted by Crippen LogP contribution is -2.36. The van der Waals surface area contributed by atoms with Crippen LogP contribution < -0.4 is 0 Å². The van der Waals surface area contributed by atoms with Gasteiger partial charge in [0.1, 0.15) is 0 Å². The van der Waals surface area contributed by atoms with Crippen molar-refractivity contribution in [2.45, 2.75) is 89.7 Å². The smallest absolute Gasteiger partial charge is 0.308 e. The number of hydrogen-bond donors (Lipinski definition) is 2. The van der Waals surface area contributed by atoms with Gasteiger partial charge in [0.25, 0.3) is 0 Å². The normalized spacial score (nSPS) is 19.5. The van der Waals surface area contributed by atoms with Gasteiger partial charge < -0.3 is 14.9 Å². The molecule has 23 heavy (non-hydrogen) atoms. The zero-order valence-corrected chi connectivity index (χ0v) is 16.1. The number of aliphatic hydroxyl groups is 2. The predicted molar refractivity (Wildman–Crippen MR) is 94.6 cm³/mol. The van der Waals surface area contributed by atoms with Crippen LogP contribution in [-0.4, -0.2) is 40.4 Å². The average molecular weight is 351 g/mol. The van der Waals surface area contributed by atoms with Crippen molar-refractivity contribution in [3.05, 3.63) is 0 Å². The first-order chi connectivity index (χ1) is 10.7. The van der Waals surface area contributed by atoms with E-state index in [-0.39, 0.29) is 23.6 Å². The van der Waals surface area contributed by atoms with Crippen molar-refractivity contribution < 1.29 is 19.7 Å². The molecule has 4 nitrogen and oxygen atoms in total. The Morgan fingerprint density at radius 1 is 1.26 bits per heavy atom. The molecule has 5 atom stereocenters. The van der Waals surface area contributed by atoms with E-state index in [1.54, 1.807) is 6.92 Å². The minimum atomic E-state index is -0.903. The third kappa shape index (κ3) is 9.53. The molecule has 0 radical (unpaired) electrons. The molecule has 0 unspecified atom stereocenters. The van der Waals surface area contributed by atoms with Gasteiger partial charge >= 0.3 is 5.97 Å². The Kier molecular flexibility index (Phi) is 11.1. The molecule has 0 saturated carbocycles. The highest BCUT2D eigenvalue weighted by atomic mass is 35.5. The third-order valence-electron chi connectivity index (χ3n) is 4.65. The number of rotatable bonds is 12. The first-order valence-electron chi connectivity index (χ1n) is 8.78. The third-order valence-corrected chi connectivity index (χ3v) is 5.01. The fourth-order valence-electron chi connectivity index (χ4n) is 3.15. The van der Waals surface area contributed by atoms with E-state index in [2.05, 4.69) is 11.7 Å². The summed E-state index contributed by atoms with van der Waals surface area (Å²) < 4.78 is 4.61. The van der Waals surface area contributed by atoms with Crippen molar-refractivity contribution in [1.82, 2.24) is 0 Å². The lowest BCUT2D eigenvalue weighted by molar-refractivity contribution is -0.144. The van der Waals surface area contributed by atoms with Crippen LogP contribution in [0.3, 0.4) is 0 Å². The van der Waals surface area contributed by atoms with E-state index in [4.69, 9.17) is 11.6 Å². The Hall–Kier alpha value is -0.320. The summed E-state index contributed by atoms with van der Waals surface area (Å²) in [5.74, 6) is -0.311. The van der Waals surface area contributed by atoms with Crippen LogP contribution in [0.5, 0.6) is 0 Å². The van der Waals surface area contributed by atoms with Gasteiger partial charge in [0.05, 0.1) is 25.2 Å². The van der Waals surface area contributed by atoms with Crippen molar-refractivity contribution in [3.63, 3.8) is 0 Å². The van der Waals surface area contributed by atoms with Crippen LogP contribution in [0.15, 0.2) is 0 Å². The van der Waals surface area contributed by atoms with Crippen molar-refractivity contribution in [2.75, 3.05) is 7.11 Å². The molecule has 0 aliphatic rings. The lowest BCUT2D eigenvalue weighted by Gasteiger charge is -2.34. The summed E-state index contributed by atoms with van der Waals surface area (Å²) in [5.41, 5.74) is -0.903. The van der Waals surface area contributed by atoms with Gasteiger partial charge in [-0.25, -0.2) is 0 Å². The summed E-state index contributed by atoms with van der Waals surface area (Å²) in [6.07, 6.45) is 4.14. The molecular weight excluding hydrogens is 316 g/mol. The number of carbonyl (C=O) groups excluding carboxylic acids is 1. The van der Waals surface area contributed by atoms with Gasteiger partial charge in [-0.15, -0.1) is 11.6 Å². The van der Waals surface area contributed by atoms with E-state index < -0.39 is 17.7 Å². The second-order valence-electron chi connectivity index (χ2n) is 7.00. The molecule has 5 heteroatoms. The number of methoxy groups -OCH3 is 1. The average Bonchev–Trinajstić information content (AvgIpc) is 2.48. The Labute approximate surface area is 146 Å². The van der Waals surface area contributed by atoms with Crippen molar-refractivity contribution in [3.8, 4) is 0 Å². The standard InChI is InChI=1S/C18H35ClO4/c1-6-8-9-15(13(3)19)12-18(4,22)11-14(7-2)16(20)10-17(21)23-5/h13-16,20,22H,6-12H2,1-5H3/t13-,14-,15+,16-,18+/m1/s1. The van der Waals surface area contributed by atoms with E-state index in [9.17, 15) is 15.0 Å². The zero-order chi connectivity index (χ0) is 18.0. The molecule has 2 N–H and O–H groups in total. The van der Waals surface area contributed by atoms with Crippen LogP contribution >= 0.6 is 11.6 Å². The molecule has 0 heterocycles. The van der Waals surface area contributed by atoms with Crippen molar-refractivity contribution in [1.29, 1.82) is 0 Å². The van der Waals surface area contributed by atoms with Crippen molar-refractivity contribution >= 4 is 17.6 Å². The summed E-state index contributed by atoms with van der Waals surface area (Å²) >= 11 is 6.28. The summed E-state index contributed by atoms with van der Waals surface area (Å²) in [4.78, 5) is 11.3. The lowest BCUT2D eigenvalue weighted by atomic mass is 9.79. The number of hydrogen-bond acceptors (Lipinski definition) is 4. The number of ether oxygens (including phenoxy) is 1. The fraction of sp³-hybridized carbons (Fsp3) is 0.944. The van der Waals surface area contributed by atoms with E-state index >= 15 is 0 Å². The topological polar surface area (TPSA) is 66.8 Å². The summed E-state index contributed by atoms with van der Waals surface area (Å²) in [5, 5.41) is 21.0. The minimum Gasteiger partial charge on any atom is -0.469 e. The van der Waals surface area contributed by atoms with Gasteiger partial charge in [-0.1, -0.05) is 33.1 Å². The Morgan fingerprint density at radius 2 is 1.83 bits per heavy atom. The molecule has 0 fully saturated rings. The van der Waals surface area contributed by atoms with Crippen LogP contribution in [0, 0.1) is 11.8 Å². The summed E-state index contributed by atoms with van der Waals surface area (Å²) in [6, 6.07) is 0. The quantitative estimate of drug-likeness (QED) is 0.414. The van der Waals surface area contributed by atoms with Crippen LogP contribution in [0.25, 0.3) is 0 Å². The van der Waals surface area contributed by atoms with Crippen LogP contribution in [0.4, 0.5) is 0 Å². The van der Waals surface area contributed by atoms with Crippen molar-refractivity contribution in [2.24, 2.45) is 11.8 Å². The highest BCUT2D eigenvalue weighted by molar-refractivity contribution is 6.20. The van der Waals surface area contributed by atoms with Gasteiger partial charge in [0.15, 0.2) is 0 Å². The number of carbonyl (C=O) groups is 1. The molecule has 0 saturated heterocycles. The number of aliphatic hydroxyl groups excluding tert-OH is 1. The molecule has 0 amide bonds.